The highest BCUT2D eigenvalue weighted by Gasteiger charge is 2.34. The Morgan fingerprint density at radius 3 is 2.57 bits per heavy atom. The number of halogens is 1. The predicted octanol–water partition coefficient (Wildman–Crippen LogP) is 4.23. The Kier molecular flexibility index (Phi) is 6.26. The minimum Gasteiger partial charge on any atom is -0.489 e. The van der Waals surface area contributed by atoms with Crippen molar-refractivity contribution in [2.45, 2.75) is 32.8 Å². The first-order valence-corrected chi connectivity index (χ1v) is 9.89. The molecule has 0 saturated carbocycles. The Balaban J connectivity index is 1.86. The van der Waals surface area contributed by atoms with Crippen molar-refractivity contribution in [3.8, 4) is 5.75 Å². The molecule has 0 saturated heterocycles. The second kappa shape index (κ2) is 8.67. The van der Waals surface area contributed by atoms with Gasteiger partial charge in [-0.05, 0) is 30.7 Å². The van der Waals surface area contributed by atoms with Gasteiger partial charge in [0.05, 0.1) is 0 Å². The Hall–Kier alpha value is -2.51. The number of amides is 2. The van der Waals surface area contributed by atoms with Gasteiger partial charge < -0.3 is 10.1 Å². The molecule has 0 bridgehead atoms. The number of carbonyl (C=O) groups excluding carboxylic acids is 2. The second-order valence-electron chi connectivity index (χ2n) is 6.38. The average molecular weight is 418 g/mol. The van der Waals surface area contributed by atoms with Crippen molar-refractivity contribution in [1.82, 2.24) is 10.3 Å². The fourth-order valence-electron chi connectivity index (χ4n) is 2.65. The molecule has 28 heavy (non-hydrogen) atoms. The molecule has 1 aliphatic heterocycles. The number of ether oxygens (including phenoxy) is 1. The van der Waals surface area contributed by atoms with Crippen LogP contribution in [0.3, 0.4) is 0 Å². The number of hydrogen-bond acceptors (Lipinski definition) is 5. The number of hydrogen-bond donors (Lipinski definition) is 1. The first kappa shape index (κ1) is 20.2. The van der Waals surface area contributed by atoms with Crippen LogP contribution in [0.25, 0.3) is 0 Å². The summed E-state index contributed by atoms with van der Waals surface area (Å²) < 4.78 is 6.03. The quantitative estimate of drug-likeness (QED) is 0.808. The van der Waals surface area contributed by atoms with Gasteiger partial charge in [-0.3, -0.25) is 9.59 Å². The van der Waals surface area contributed by atoms with Crippen LogP contribution in [0, 0.1) is 6.92 Å². The number of rotatable bonds is 4. The topological polar surface area (TPSA) is 71.0 Å². The second-order valence-corrected chi connectivity index (χ2v) is 7.88. The summed E-state index contributed by atoms with van der Waals surface area (Å²) in [6.45, 7) is 5.23. The largest absolute Gasteiger partial charge is 0.489 e. The summed E-state index contributed by atoms with van der Waals surface area (Å²) in [7, 11) is 0. The summed E-state index contributed by atoms with van der Waals surface area (Å²) in [6, 6.07) is 13.3. The molecule has 0 aliphatic carbocycles. The van der Waals surface area contributed by atoms with E-state index in [1.54, 1.807) is 18.2 Å². The molecule has 8 heteroatoms. The monoisotopic (exact) mass is 417 g/mol. The van der Waals surface area contributed by atoms with E-state index >= 15 is 0 Å². The van der Waals surface area contributed by atoms with Gasteiger partial charge in [-0.2, -0.15) is 0 Å². The molecule has 1 atom stereocenters. The molecule has 0 fully saturated rings. The molecule has 1 aliphatic rings. The molecule has 1 N–H and O–H groups in total. The van der Waals surface area contributed by atoms with Crippen molar-refractivity contribution >= 4 is 40.3 Å². The standard InChI is InChI=1S/C20H20ClN3O3S/c1-12-4-6-15(7-5-12)11-27-18-9-8-16(21)10-17(18)19-24(14(3)26)23-20(28-19)22-13(2)25/h4-10,19H,11H2,1-3H3,(H,22,23,25)/t19-/m1/s1. The van der Waals surface area contributed by atoms with Crippen LogP contribution >= 0.6 is 23.4 Å². The lowest BCUT2D eigenvalue weighted by Gasteiger charge is -2.22. The molecular weight excluding hydrogens is 398 g/mol. The van der Waals surface area contributed by atoms with E-state index in [0.717, 1.165) is 5.56 Å². The van der Waals surface area contributed by atoms with Gasteiger partial charge >= 0.3 is 0 Å². The summed E-state index contributed by atoms with van der Waals surface area (Å²) in [5.74, 6) is 0.104. The van der Waals surface area contributed by atoms with Gasteiger partial charge in [0.25, 0.3) is 0 Å². The Morgan fingerprint density at radius 1 is 1.21 bits per heavy atom. The van der Waals surface area contributed by atoms with Gasteiger partial charge in [-0.25, -0.2) is 5.01 Å². The van der Waals surface area contributed by atoms with Crippen molar-refractivity contribution in [2.75, 3.05) is 0 Å². The van der Waals surface area contributed by atoms with Gasteiger partial charge in [0.15, 0.2) is 5.17 Å². The molecular formula is C20H20ClN3O3S. The lowest BCUT2D eigenvalue weighted by Crippen LogP contribution is -2.25. The minimum atomic E-state index is -0.480. The van der Waals surface area contributed by atoms with Gasteiger partial charge in [-0.15, -0.1) is 5.10 Å². The molecule has 2 amide bonds. The molecule has 3 rings (SSSR count). The Bertz CT molecular complexity index is 931. The molecule has 0 aromatic heterocycles. The van der Waals surface area contributed by atoms with E-state index in [1.807, 2.05) is 31.2 Å². The number of nitrogens with one attached hydrogen (secondary N) is 1. The van der Waals surface area contributed by atoms with Crippen molar-refractivity contribution in [3.05, 3.63) is 64.2 Å². The molecule has 0 spiro atoms. The van der Waals surface area contributed by atoms with E-state index in [0.29, 0.717) is 28.1 Å². The maximum absolute atomic E-state index is 12.1. The third-order valence-corrected chi connectivity index (χ3v) is 5.32. The SMILES string of the molecule is CC(=O)NC1=NN(C(C)=O)[C@@H](c2cc(Cl)ccc2OCc2ccc(C)cc2)S1. The third-order valence-electron chi connectivity index (χ3n) is 4.00. The van der Waals surface area contributed by atoms with Crippen LogP contribution in [0.4, 0.5) is 0 Å². The number of aryl methyl sites for hydroxylation is 1. The molecule has 6 nitrogen and oxygen atoms in total. The van der Waals surface area contributed by atoms with Crippen LogP contribution in [-0.4, -0.2) is 22.0 Å². The number of carbonyl (C=O) groups is 2. The molecule has 1 heterocycles. The molecule has 0 radical (unpaired) electrons. The van der Waals surface area contributed by atoms with E-state index in [1.165, 1.54) is 36.2 Å². The third kappa shape index (κ3) is 4.85. The van der Waals surface area contributed by atoms with Crippen molar-refractivity contribution in [1.29, 1.82) is 0 Å². The highest BCUT2D eigenvalue weighted by molar-refractivity contribution is 8.14. The van der Waals surface area contributed by atoms with Crippen molar-refractivity contribution < 1.29 is 14.3 Å². The first-order chi connectivity index (χ1) is 13.3. The summed E-state index contributed by atoms with van der Waals surface area (Å²) in [5.41, 5.74) is 2.92. The molecule has 2 aromatic rings. The Labute approximate surface area is 172 Å². The predicted molar refractivity (Wildman–Crippen MR) is 111 cm³/mol. The summed E-state index contributed by atoms with van der Waals surface area (Å²) in [6.07, 6.45) is 0. The number of thioether (sulfide) groups is 1. The van der Waals surface area contributed by atoms with Crippen molar-refractivity contribution in [3.63, 3.8) is 0 Å². The number of amidine groups is 1. The van der Waals surface area contributed by atoms with E-state index in [-0.39, 0.29) is 11.8 Å². The summed E-state index contributed by atoms with van der Waals surface area (Å²) >= 11 is 7.46. The van der Waals surface area contributed by atoms with E-state index in [4.69, 9.17) is 16.3 Å². The zero-order valence-corrected chi connectivity index (χ0v) is 17.3. The van der Waals surface area contributed by atoms with Crippen LogP contribution in [0.15, 0.2) is 47.6 Å². The number of nitrogens with zero attached hydrogens (tertiary/aromatic N) is 2. The fourth-order valence-corrected chi connectivity index (χ4v) is 3.99. The lowest BCUT2D eigenvalue weighted by atomic mass is 10.1. The average Bonchev–Trinajstić information content (AvgIpc) is 3.05. The van der Waals surface area contributed by atoms with E-state index in [9.17, 15) is 9.59 Å². The highest BCUT2D eigenvalue weighted by Crippen LogP contribution is 2.43. The summed E-state index contributed by atoms with van der Waals surface area (Å²) in [4.78, 5) is 23.5. The lowest BCUT2D eigenvalue weighted by molar-refractivity contribution is -0.129. The zero-order chi connectivity index (χ0) is 20.3. The van der Waals surface area contributed by atoms with Crippen LogP contribution in [-0.2, 0) is 16.2 Å². The van der Waals surface area contributed by atoms with E-state index in [2.05, 4.69) is 10.4 Å². The highest BCUT2D eigenvalue weighted by atomic mass is 35.5. The smallest absolute Gasteiger partial charge is 0.241 e. The van der Waals surface area contributed by atoms with Crippen LogP contribution < -0.4 is 10.1 Å². The maximum atomic E-state index is 12.1. The van der Waals surface area contributed by atoms with Gasteiger partial charge in [0.2, 0.25) is 11.8 Å². The fraction of sp³-hybridized carbons (Fsp3) is 0.250. The normalized spacial score (nSPS) is 15.9. The Morgan fingerprint density at radius 2 is 1.93 bits per heavy atom. The first-order valence-electron chi connectivity index (χ1n) is 8.64. The van der Waals surface area contributed by atoms with Gasteiger partial charge in [-0.1, -0.05) is 53.2 Å². The van der Waals surface area contributed by atoms with Crippen molar-refractivity contribution in [2.24, 2.45) is 5.10 Å². The number of benzene rings is 2. The molecule has 2 aromatic carbocycles. The van der Waals surface area contributed by atoms with Gasteiger partial charge in [0, 0.05) is 24.4 Å². The van der Waals surface area contributed by atoms with Crippen LogP contribution in [0.1, 0.15) is 35.9 Å². The summed E-state index contributed by atoms with van der Waals surface area (Å²) in [5, 5.41) is 8.57. The maximum Gasteiger partial charge on any atom is 0.241 e. The molecule has 146 valence electrons. The number of hydrazone groups is 1. The molecule has 0 unspecified atom stereocenters. The van der Waals surface area contributed by atoms with Crippen LogP contribution in [0.2, 0.25) is 5.02 Å². The van der Waals surface area contributed by atoms with Gasteiger partial charge in [0.1, 0.15) is 17.7 Å². The minimum absolute atomic E-state index is 0.248. The van der Waals surface area contributed by atoms with E-state index < -0.39 is 5.37 Å². The zero-order valence-electron chi connectivity index (χ0n) is 15.7. The van der Waals surface area contributed by atoms with Crippen LogP contribution in [0.5, 0.6) is 5.75 Å².